The number of carbonyl (C=O) groups excluding carboxylic acids is 1. The first-order valence-electron chi connectivity index (χ1n) is 26.3. The number of rotatable bonds is 21. The van der Waals surface area contributed by atoms with Gasteiger partial charge in [-0.2, -0.15) is 0 Å². The second kappa shape index (κ2) is 23.3. The number of aromatic nitrogens is 4. The van der Waals surface area contributed by atoms with Crippen LogP contribution in [0, 0.1) is 60.2 Å². The van der Waals surface area contributed by atoms with Crippen molar-refractivity contribution in [2.24, 2.45) is 56.6 Å². The van der Waals surface area contributed by atoms with Gasteiger partial charge in [-0.05, 0) is 129 Å². The van der Waals surface area contributed by atoms with E-state index in [1.807, 2.05) is 0 Å². The van der Waals surface area contributed by atoms with E-state index in [2.05, 4.69) is 66.5 Å². The van der Waals surface area contributed by atoms with Crippen LogP contribution in [0.25, 0.3) is 20.9 Å². The summed E-state index contributed by atoms with van der Waals surface area (Å²) in [6, 6.07) is -1.77. The Bertz CT molecular complexity index is 2620. The molecule has 74 heavy (non-hydrogen) atoms. The minimum Gasteiger partial charge on any atom is -0.393 e. The van der Waals surface area contributed by atoms with E-state index < -0.39 is 80.2 Å². The van der Waals surface area contributed by atoms with Gasteiger partial charge in [0.05, 0.1) is 49.7 Å². The van der Waals surface area contributed by atoms with Crippen molar-refractivity contribution < 1.29 is 38.1 Å². The Kier molecular flexibility index (Phi) is 17.5. The van der Waals surface area contributed by atoms with Gasteiger partial charge in [0.25, 0.3) is 11.1 Å². The molecule has 25 nitrogen and oxygen atoms in total. The molecule has 26 heteroatoms. The second-order valence-corrected chi connectivity index (χ2v) is 24.1. The van der Waals surface area contributed by atoms with E-state index in [1.165, 1.54) is 32.7 Å². The normalized spacial score (nSPS) is 35.6. The maximum absolute atomic E-state index is 14.5. The van der Waals surface area contributed by atoms with E-state index in [-0.39, 0.29) is 71.9 Å². The number of nitrogens with zero attached hydrogens (tertiary/aromatic N) is 8. The van der Waals surface area contributed by atoms with E-state index in [9.17, 15) is 49.8 Å². The number of carbonyl (C=O) groups is 1. The molecule has 2 aromatic heterocycles. The number of fused-ring (bicyclic) bond motifs is 5. The zero-order valence-corrected chi connectivity index (χ0v) is 43.9. The number of aliphatic hydroxyl groups excluding tert-OH is 2. The fourth-order valence-corrected chi connectivity index (χ4v) is 15.4. The molecular weight excluding hydrogens is 982 g/mol. The predicted octanol–water partition coefficient (Wildman–Crippen LogP) is 4.48. The molecule has 0 bridgehead atoms. The van der Waals surface area contributed by atoms with Crippen LogP contribution in [0.15, 0.2) is 41.8 Å². The lowest BCUT2D eigenvalue weighted by molar-refractivity contribution is -0.174. The largest absolute Gasteiger partial charge is 0.405 e. The molecule has 2 aromatic rings. The Balaban J connectivity index is 0.832. The van der Waals surface area contributed by atoms with Crippen molar-refractivity contribution in [3.8, 4) is 0 Å². The third-order valence-corrected chi connectivity index (χ3v) is 19.7. The molecule has 8 rings (SSSR count). The van der Waals surface area contributed by atoms with E-state index in [1.54, 1.807) is 0 Å². The maximum Gasteiger partial charge on any atom is 0.405 e. The summed E-state index contributed by atoms with van der Waals surface area (Å²) in [7, 11) is -4.33. The first kappa shape index (κ1) is 55.6. The topological polar surface area (TPSA) is 355 Å². The van der Waals surface area contributed by atoms with Crippen molar-refractivity contribution in [1.82, 2.24) is 34.8 Å². The molecule has 2 aliphatic heterocycles. The van der Waals surface area contributed by atoms with Crippen molar-refractivity contribution in [3.05, 3.63) is 86.1 Å². The Morgan fingerprint density at radius 1 is 0.838 bits per heavy atom. The molecule has 0 spiro atoms. The maximum atomic E-state index is 14.5. The monoisotopic (exact) mass is 1060 g/mol. The third-order valence-electron chi connectivity index (χ3n) is 18.1. The number of aryl methyl sites for hydroxylation is 2. The standard InChI is InChI=1S/C48H74N13O12P/c1-26(32-9-10-33-31-8-7-29-18-30(62)12-13-47(29,4)34(31)19-39(63)48(32,33)5)6-11-40(64)52-16-14-51-15-17-53-74(69,70-24-37-35(56-58-49)20-41(72-37)60-22-27(2)43(65)54-45(60)67)71-25-38-36(57-59-50)21-42(73-38)61-23-28(3)44(66)55-46(61)68/h22-23,26,29-39,41-42,51,62-63H,6-21,24-25H2,1-5H3,(H,52,64)(H,53,69)(H,54,65,67)(H,55,66,68)/t26?,29-,30-,31+,32-,33+,34+,35?,36?,37-,38-,39+,41-,42-,47+,48-,74?/m1/s1. The summed E-state index contributed by atoms with van der Waals surface area (Å²) in [4.78, 5) is 72.9. The van der Waals surface area contributed by atoms with Crippen LogP contribution in [0.1, 0.15) is 121 Å². The molecule has 0 aromatic carbocycles. The Morgan fingerprint density at radius 3 is 2.00 bits per heavy atom. The third kappa shape index (κ3) is 11.7. The number of azide groups is 2. The summed E-state index contributed by atoms with van der Waals surface area (Å²) in [6.07, 6.45) is 7.29. The average Bonchev–Trinajstić information content (AvgIpc) is 4.07. The fraction of sp³-hybridized carbons (Fsp3) is 0.812. The van der Waals surface area contributed by atoms with Crippen LogP contribution in [0.3, 0.4) is 0 Å². The molecule has 0 radical (unpaired) electrons. The van der Waals surface area contributed by atoms with E-state index in [0.717, 1.165) is 54.1 Å². The lowest BCUT2D eigenvalue weighted by atomic mass is 9.43. The van der Waals surface area contributed by atoms with Gasteiger partial charge in [-0.3, -0.25) is 42.5 Å². The molecule has 3 unspecified atom stereocenters. The van der Waals surface area contributed by atoms with Crippen molar-refractivity contribution in [2.45, 2.75) is 161 Å². The van der Waals surface area contributed by atoms with Gasteiger partial charge in [-0.1, -0.05) is 31.0 Å². The summed E-state index contributed by atoms with van der Waals surface area (Å²) < 4.78 is 40.8. The smallest absolute Gasteiger partial charge is 0.393 e. The molecule has 408 valence electrons. The van der Waals surface area contributed by atoms with Gasteiger partial charge in [0, 0.05) is 78.8 Å². The van der Waals surface area contributed by atoms with Gasteiger partial charge in [0.1, 0.15) is 12.5 Å². The molecule has 1 amide bonds. The number of H-pyrrole nitrogens is 2. The molecule has 4 aliphatic carbocycles. The van der Waals surface area contributed by atoms with E-state index in [0.29, 0.717) is 55.5 Å². The van der Waals surface area contributed by atoms with Crippen LogP contribution in [0.5, 0.6) is 0 Å². The van der Waals surface area contributed by atoms with E-state index >= 15 is 0 Å². The highest BCUT2D eigenvalue weighted by atomic mass is 31.2. The lowest BCUT2D eigenvalue weighted by Crippen LogP contribution is -2.58. The van der Waals surface area contributed by atoms with Crippen molar-refractivity contribution in [2.75, 3.05) is 39.4 Å². The van der Waals surface area contributed by atoms with Gasteiger partial charge >= 0.3 is 19.1 Å². The predicted molar refractivity (Wildman–Crippen MR) is 269 cm³/mol. The highest BCUT2D eigenvalue weighted by molar-refractivity contribution is 7.51. The summed E-state index contributed by atoms with van der Waals surface area (Å²) in [5, 5.41) is 39.1. The summed E-state index contributed by atoms with van der Waals surface area (Å²) >= 11 is 0. The van der Waals surface area contributed by atoms with Crippen molar-refractivity contribution in [3.63, 3.8) is 0 Å². The van der Waals surface area contributed by atoms with E-state index in [4.69, 9.17) is 18.5 Å². The van der Waals surface area contributed by atoms with Crippen LogP contribution in [0.2, 0.25) is 0 Å². The highest BCUT2D eigenvalue weighted by Gasteiger charge is 2.63. The quantitative estimate of drug-likeness (QED) is 0.0298. The van der Waals surface area contributed by atoms with Gasteiger partial charge in [-0.15, -0.1) is 0 Å². The van der Waals surface area contributed by atoms with Gasteiger partial charge in [0.2, 0.25) is 5.91 Å². The Hall–Kier alpha value is -4.64. The summed E-state index contributed by atoms with van der Waals surface area (Å²) in [6.45, 7) is 10.1. The highest BCUT2D eigenvalue weighted by Crippen LogP contribution is 2.68. The minimum absolute atomic E-state index is 0.0233. The van der Waals surface area contributed by atoms with Crippen LogP contribution in [-0.4, -0.2) is 111 Å². The van der Waals surface area contributed by atoms with Gasteiger partial charge in [-0.25, -0.2) is 19.2 Å². The SMILES string of the molecule is Cc1cn([C@H]2CC(N=[N+]=[N-])[C@@H](COP(=O)(NCCNCCNC(=O)CCC(C)[C@H]3CC[C@H]4[C@@H]5CC[C@@H]6C[C@H](O)CC[C@]6(C)[C@H]5C[C@H](O)[C@]34C)OC[C@H]3O[C@@H](n4cc(C)c(=O)[nH]c4=O)CC3N=[N+]=[N-])O2)c(=O)[nH]c1=O. The molecule has 6 fully saturated rings. The number of aromatic amines is 2. The van der Waals surface area contributed by atoms with Crippen LogP contribution in [0.4, 0.5) is 0 Å². The number of hydrogen-bond donors (Lipinski definition) is 7. The zero-order valence-electron chi connectivity index (χ0n) is 43.0. The molecule has 6 aliphatic rings. The van der Waals surface area contributed by atoms with Crippen LogP contribution >= 0.6 is 7.75 Å². The second-order valence-electron chi connectivity index (χ2n) is 22.2. The molecule has 7 N–H and O–H groups in total. The van der Waals surface area contributed by atoms with Crippen molar-refractivity contribution >= 4 is 13.7 Å². The first-order chi connectivity index (χ1) is 35.3. The number of aliphatic hydroxyl groups is 2. The number of amides is 1. The average molecular weight is 1060 g/mol. The van der Waals surface area contributed by atoms with Crippen LogP contribution in [-0.2, 0) is 27.9 Å². The molecule has 4 heterocycles. The van der Waals surface area contributed by atoms with Gasteiger partial charge < -0.3 is 30.3 Å². The Labute approximate surface area is 428 Å². The number of hydrogen-bond acceptors (Lipinski definition) is 15. The van der Waals surface area contributed by atoms with Gasteiger partial charge in [0.15, 0.2) is 0 Å². The molecular formula is C48H74N13O12P. The fourth-order valence-electron chi connectivity index (χ4n) is 14.0. The minimum atomic E-state index is -4.33. The van der Waals surface area contributed by atoms with Crippen molar-refractivity contribution in [1.29, 1.82) is 0 Å². The summed E-state index contributed by atoms with van der Waals surface area (Å²) in [5.41, 5.74) is 16.6. The molecule has 16 atom stereocenters. The zero-order chi connectivity index (χ0) is 53.1. The first-order valence-corrected chi connectivity index (χ1v) is 27.8. The van der Waals surface area contributed by atoms with Crippen LogP contribution < -0.4 is 38.2 Å². The molecule has 4 saturated carbocycles. The number of ether oxygens (including phenoxy) is 2. The Morgan fingerprint density at radius 2 is 1.42 bits per heavy atom. The number of nitrogens with one attached hydrogen (secondary N) is 5. The molecule has 2 saturated heterocycles. The lowest BCUT2D eigenvalue weighted by Gasteiger charge is -2.62. The summed E-state index contributed by atoms with van der Waals surface area (Å²) in [5.74, 6) is 2.59.